The number of rotatable bonds is 1. The molecule has 3 rings (SSSR count). The van der Waals surface area contributed by atoms with Crippen molar-refractivity contribution >= 4 is 11.7 Å². The molecular formula is C15H16N2O4. The number of cyclic esters (lactones) is 1. The van der Waals surface area contributed by atoms with E-state index in [9.17, 15) is 14.7 Å². The molecule has 1 aromatic heterocycles. The van der Waals surface area contributed by atoms with E-state index in [0.717, 1.165) is 5.57 Å². The number of aliphatic imine (C=N–C) groups is 1. The minimum Gasteiger partial charge on any atom is -0.458 e. The molecule has 0 saturated heterocycles. The fourth-order valence-corrected chi connectivity index (χ4v) is 2.97. The number of carbonyl (C=O) groups excluding carboxylic acids is 1. The van der Waals surface area contributed by atoms with Gasteiger partial charge < -0.3 is 14.4 Å². The number of aliphatic hydroxyl groups is 1. The van der Waals surface area contributed by atoms with Crippen molar-refractivity contribution in [2.75, 3.05) is 7.05 Å². The lowest BCUT2D eigenvalue weighted by Crippen LogP contribution is -2.44. The van der Waals surface area contributed by atoms with Gasteiger partial charge in [0.25, 0.3) is 5.56 Å². The minimum absolute atomic E-state index is 0.110. The van der Waals surface area contributed by atoms with E-state index in [1.54, 1.807) is 24.6 Å². The van der Waals surface area contributed by atoms with Gasteiger partial charge in [-0.25, -0.2) is 4.79 Å². The summed E-state index contributed by atoms with van der Waals surface area (Å²) in [6.45, 7) is 5.84. The Morgan fingerprint density at radius 1 is 1.52 bits per heavy atom. The Bertz CT molecular complexity index is 760. The van der Waals surface area contributed by atoms with Gasteiger partial charge in [0.1, 0.15) is 6.61 Å². The van der Waals surface area contributed by atoms with E-state index in [1.807, 2.05) is 0 Å². The maximum atomic E-state index is 12.6. The quantitative estimate of drug-likeness (QED) is 0.763. The molecular weight excluding hydrogens is 272 g/mol. The van der Waals surface area contributed by atoms with Gasteiger partial charge in [-0.1, -0.05) is 13.5 Å². The monoisotopic (exact) mass is 288 g/mol. The summed E-state index contributed by atoms with van der Waals surface area (Å²) < 4.78 is 6.53. The summed E-state index contributed by atoms with van der Waals surface area (Å²) in [5, 5.41) is 10.6. The number of hydrogen-bond acceptors (Lipinski definition) is 5. The van der Waals surface area contributed by atoms with Crippen molar-refractivity contribution in [1.29, 1.82) is 0 Å². The van der Waals surface area contributed by atoms with Gasteiger partial charge in [0.15, 0.2) is 5.60 Å². The lowest BCUT2D eigenvalue weighted by molar-refractivity contribution is -0.172. The molecule has 2 aliphatic heterocycles. The van der Waals surface area contributed by atoms with Crippen molar-refractivity contribution in [3.8, 4) is 0 Å². The molecule has 0 unspecified atom stereocenters. The summed E-state index contributed by atoms with van der Waals surface area (Å²) >= 11 is 0. The van der Waals surface area contributed by atoms with Crippen molar-refractivity contribution in [2.45, 2.75) is 32.1 Å². The second kappa shape index (κ2) is 4.39. The number of aromatic nitrogens is 1. The molecule has 0 spiro atoms. The molecule has 0 fully saturated rings. The van der Waals surface area contributed by atoms with Crippen LogP contribution in [0.5, 0.6) is 0 Å². The topological polar surface area (TPSA) is 80.9 Å². The van der Waals surface area contributed by atoms with Crippen LogP contribution >= 0.6 is 0 Å². The highest BCUT2D eigenvalue weighted by molar-refractivity contribution is 6.13. The second-order valence-corrected chi connectivity index (χ2v) is 5.28. The third-order valence-electron chi connectivity index (χ3n) is 4.19. The smallest absolute Gasteiger partial charge is 0.343 e. The van der Waals surface area contributed by atoms with Crippen LogP contribution in [-0.4, -0.2) is 28.4 Å². The lowest BCUT2D eigenvalue weighted by atomic mass is 9.86. The SMILES string of the molecule is C=C1Cn2c(cc3c(c2=O)COC(=O)[C@]3(O)CC)C1=NC. The van der Waals surface area contributed by atoms with Crippen molar-refractivity contribution in [1.82, 2.24) is 4.57 Å². The first-order valence-corrected chi connectivity index (χ1v) is 6.76. The fraction of sp³-hybridized carbons (Fsp3) is 0.400. The Morgan fingerprint density at radius 2 is 2.24 bits per heavy atom. The zero-order valence-electron chi connectivity index (χ0n) is 12.0. The first-order valence-electron chi connectivity index (χ1n) is 6.76. The number of esters is 1. The van der Waals surface area contributed by atoms with Crippen LogP contribution in [0.3, 0.4) is 0 Å². The van der Waals surface area contributed by atoms with Crippen molar-refractivity contribution in [3.05, 3.63) is 45.4 Å². The Kier molecular flexibility index (Phi) is 2.88. The number of fused-ring (bicyclic) bond motifs is 2. The molecule has 0 bridgehead atoms. The van der Waals surface area contributed by atoms with Crippen molar-refractivity contribution in [3.63, 3.8) is 0 Å². The molecule has 0 aromatic carbocycles. The van der Waals surface area contributed by atoms with E-state index < -0.39 is 11.6 Å². The van der Waals surface area contributed by atoms with Crippen LogP contribution in [0.2, 0.25) is 0 Å². The summed E-state index contributed by atoms with van der Waals surface area (Å²) in [4.78, 5) is 28.6. The number of hydrogen-bond donors (Lipinski definition) is 1. The molecule has 6 nitrogen and oxygen atoms in total. The number of pyridine rings is 1. The third-order valence-corrected chi connectivity index (χ3v) is 4.19. The van der Waals surface area contributed by atoms with Gasteiger partial charge in [0, 0.05) is 12.6 Å². The molecule has 110 valence electrons. The van der Waals surface area contributed by atoms with Gasteiger partial charge in [-0.3, -0.25) is 9.79 Å². The highest BCUT2D eigenvalue weighted by Crippen LogP contribution is 2.34. The average Bonchev–Trinajstić information content (AvgIpc) is 2.79. The first-order chi connectivity index (χ1) is 9.93. The van der Waals surface area contributed by atoms with Gasteiger partial charge in [-0.05, 0) is 18.1 Å². The Morgan fingerprint density at radius 3 is 2.86 bits per heavy atom. The van der Waals surface area contributed by atoms with Gasteiger partial charge in [0.05, 0.1) is 23.5 Å². The molecule has 0 amide bonds. The van der Waals surface area contributed by atoms with E-state index in [4.69, 9.17) is 4.74 Å². The number of allylic oxidation sites excluding steroid dienone is 1. The third kappa shape index (κ3) is 1.65. The average molecular weight is 288 g/mol. The maximum Gasteiger partial charge on any atom is 0.343 e. The fourth-order valence-electron chi connectivity index (χ4n) is 2.97. The van der Waals surface area contributed by atoms with Crippen LogP contribution in [0, 0.1) is 0 Å². The highest BCUT2D eigenvalue weighted by atomic mass is 16.6. The van der Waals surface area contributed by atoms with Gasteiger partial charge >= 0.3 is 5.97 Å². The number of carbonyl (C=O) groups is 1. The van der Waals surface area contributed by atoms with E-state index in [0.29, 0.717) is 29.1 Å². The van der Waals surface area contributed by atoms with Crippen LogP contribution in [0.25, 0.3) is 0 Å². The van der Waals surface area contributed by atoms with E-state index >= 15 is 0 Å². The summed E-state index contributed by atoms with van der Waals surface area (Å²) in [6.07, 6.45) is 0.140. The van der Waals surface area contributed by atoms with Crippen molar-refractivity contribution < 1.29 is 14.6 Å². The molecule has 6 heteroatoms. The van der Waals surface area contributed by atoms with E-state index in [-0.39, 0.29) is 18.6 Å². The molecule has 1 aromatic rings. The van der Waals surface area contributed by atoms with E-state index in [1.165, 1.54) is 0 Å². The summed E-state index contributed by atoms with van der Waals surface area (Å²) in [7, 11) is 1.63. The number of nitrogens with zero attached hydrogens (tertiary/aromatic N) is 2. The standard InChI is InChI=1S/C15H16N2O4/c1-4-15(20)10-5-11-12(16-3)8(2)6-17(11)13(18)9(10)7-21-14(15)19/h5,20H,2,4,6-7H2,1,3H3/t15-/m0/s1. The maximum absolute atomic E-state index is 12.6. The molecule has 1 N–H and O–H groups in total. The van der Waals surface area contributed by atoms with Crippen LogP contribution in [0.15, 0.2) is 28.0 Å². The van der Waals surface area contributed by atoms with E-state index in [2.05, 4.69) is 11.6 Å². The van der Waals surface area contributed by atoms with Crippen molar-refractivity contribution in [2.24, 2.45) is 4.99 Å². The van der Waals surface area contributed by atoms with Crippen LogP contribution in [0.4, 0.5) is 0 Å². The van der Waals surface area contributed by atoms with Gasteiger partial charge in [-0.15, -0.1) is 0 Å². The molecule has 0 radical (unpaired) electrons. The largest absolute Gasteiger partial charge is 0.458 e. The number of ether oxygens (including phenoxy) is 1. The van der Waals surface area contributed by atoms with Crippen LogP contribution in [0.1, 0.15) is 30.2 Å². The predicted molar refractivity (Wildman–Crippen MR) is 76.3 cm³/mol. The minimum atomic E-state index is -1.77. The molecule has 2 aliphatic rings. The Balaban J connectivity index is 2.35. The normalized spacial score (nSPS) is 25.8. The summed E-state index contributed by atoms with van der Waals surface area (Å²) in [6, 6.07) is 1.67. The molecule has 3 heterocycles. The zero-order valence-corrected chi connectivity index (χ0v) is 12.0. The molecule has 0 saturated carbocycles. The second-order valence-electron chi connectivity index (χ2n) is 5.28. The highest BCUT2D eigenvalue weighted by Gasteiger charge is 2.45. The van der Waals surface area contributed by atoms with Gasteiger partial charge in [0.2, 0.25) is 0 Å². The Labute approximate surface area is 121 Å². The summed E-state index contributed by atoms with van der Waals surface area (Å²) in [5.41, 5.74) is 0.581. The van der Waals surface area contributed by atoms with Gasteiger partial charge in [-0.2, -0.15) is 0 Å². The molecule has 21 heavy (non-hydrogen) atoms. The zero-order chi connectivity index (χ0) is 15.4. The molecule has 1 atom stereocenters. The predicted octanol–water partition coefficient (Wildman–Crippen LogP) is 0.491. The molecule has 0 aliphatic carbocycles. The first kappa shape index (κ1) is 13.8. The van der Waals surface area contributed by atoms with Crippen LogP contribution in [-0.2, 0) is 28.3 Å². The Hall–Kier alpha value is -2.21. The lowest BCUT2D eigenvalue weighted by Gasteiger charge is -2.31. The van der Waals surface area contributed by atoms with Crippen LogP contribution < -0.4 is 5.56 Å². The summed E-state index contributed by atoms with van der Waals surface area (Å²) in [5.74, 6) is -0.714.